The summed E-state index contributed by atoms with van der Waals surface area (Å²) in [6, 6.07) is 5.63. The van der Waals surface area contributed by atoms with Gasteiger partial charge in [-0.3, -0.25) is 4.79 Å². The van der Waals surface area contributed by atoms with Crippen LogP contribution in [0.1, 0.15) is 5.69 Å². The summed E-state index contributed by atoms with van der Waals surface area (Å²) in [7, 11) is 0. The van der Waals surface area contributed by atoms with Crippen LogP contribution in [0.2, 0.25) is 0 Å². The topological polar surface area (TPSA) is 57.8 Å². The molecule has 0 spiro atoms. The molecule has 0 aliphatic heterocycles. The van der Waals surface area contributed by atoms with Crippen molar-refractivity contribution in [1.82, 2.24) is 9.97 Å². The number of thiazole rings is 1. The second-order valence-electron chi connectivity index (χ2n) is 2.87. The van der Waals surface area contributed by atoms with Crippen LogP contribution in [0.5, 0.6) is 0 Å². The third kappa shape index (κ3) is 2.90. The maximum atomic E-state index is 10.9. The maximum Gasteiger partial charge on any atom is 0.304 e. The van der Waals surface area contributed by atoms with E-state index in [2.05, 4.69) is 31.2 Å². The highest BCUT2D eigenvalue weighted by Crippen LogP contribution is 2.10. The van der Waals surface area contributed by atoms with Crippen molar-refractivity contribution in [2.45, 2.75) is 6.54 Å². The maximum absolute atomic E-state index is 10.9. The van der Waals surface area contributed by atoms with E-state index >= 15 is 0 Å². The molecular weight excluding hydrogens is 278 g/mol. The first-order valence-corrected chi connectivity index (χ1v) is 5.94. The van der Waals surface area contributed by atoms with E-state index in [0.29, 0.717) is 6.54 Å². The van der Waals surface area contributed by atoms with Gasteiger partial charge < -0.3 is 10.3 Å². The predicted octanol–water partition coefficient (Wildman–Crippen LogP) is 2.21. The number of anilines is 1. The third-order valence-electron chi connectivity index (χ3n) is 1.75. The number of hydrogen-bond donors (Lipinski definition) is 2. The Kier molecular flexibility index (Phi) is 3.17. The molecule has 78 valence electrons. The molecule has 4 nitrogen and oxygen atoms in total. The second kappa shape index (κ2) is 4.59. The molecule has 0 radical (unpaired) electrons. The van der Waals surface area contributed by atoms with Crippen LogP contribution >= 0.6 is 27.3 Å². The Labute approximate surface area is 98.5 Å². The molecule has 0 amide bonds. The summed E-state index contributed by atoms with van der Waals surface area (Å²) in [5, 5.41) is 4.91. The number of hydrogen-bond acceptors (Lipinski definition) is 4. The lowest BCUT2D eigenvalue weighted by Gasteiger charge is -2.03. The minimum absolute atomic E-state index is 0.0333. The first-order valence-electron chi connectivity index (χ1n) is 4.27. The number of nitrogens with one attached hydrogen (secondary N) is 2. The zero-order chi connectivity index (χ0) is 10.7. The molecule has 0 saturated carbocycles. The summed E-state index contributed by atoms with van der Waals surface area (Å²) >= 11 is 4.45. The van der Waals surface area contributed by atoms with E-state index in [1.807, 2.05) is 18.2 Å². The number of aromatic amines is 1. The van der Waals surface area contributed by atoms with E-state index in [4.69, 9.17) is 0 Å². The van der Waals surface area contributed by atoms with E-state index in [9.17, 15) is 4.79 Å². The van der Waals surface area contributed by atoms with Crippen molar-refractivity contribution in [3.8, 4) is 0 Å². The lowest BCUT2D eigenvalue weighted by Crippen LogP contribution is -2.03. The summed E-state index contributed by atoms with van der Waals surface area (Å²) in [5.74, 6) is 0.774. The number of halogens is 1. The average Bonchev–Trinajstić information content (AvgIpc) is 2.62. The van der Waals surface area contributed by atoms with Crippen LogP contribution in [0.25, 0.3) is 0 Å². The quantitative estimate of drug-likeness (QED) is 0.850. The van der Waals surface area contributed by atoms with Crippen molar-refractivity contribution in [2.24, 2.45) is 0 Å². The van der Waals surface area contributed by atoms with Crippen molar-refractivity contribution in [3.63, 3.8) is 0 Å². The van der Waals surface area contributed by atoms with Gasteiger partial charge in [0.05, 0.1) is 6.54 Å². The van der Waals surface area contributed by atoms with Crippen molar-refractivity contribution in [1.29, 1.82) is 0 Å². The minimum Gasteiger partial charge on any atom is -0.364 e. The van der Waals surface area contributed by atoms with Crippen LogP contribution in [0.15, 0.2) is 33.0 Å². The van der Waals surface area contributed by atoms with Crippen LogP contribution in [0.3, 0.4) is 0 Å². The molecular formula is C9H8BrN3OS. The molecule has 0 unspecified atom stereocenters. The molecule has 2 heterocycles. The fraction of sp³-hybridized carbons (Fsp3) is 0.111. The minimum atomic E-state index is -0.0333. The highest BCUT2D eigenvalue weighted by molar-refractivity contribution is 9.10. The van der Waals surface area contributed by atoms with E-state index < -0.39 is 0 Å². The molecule has 2 rings (SSSR count). The van der Waals surface area contributed by atoms with Gasteiger partial charge in [-0.2, -0.15) is 0 Å². The van der Waals surface area contributed by atoms with E-state index in [1.165, 1.54) is 0 Å². The van der Waals surface area contributed by atoms with Gasteiger partial charge in [-0.1, -0.05) is 17.4 Å². The number of nitrogens with zero attached hydrogens (tertiary/aromatic N) is 1. The Morgan fingerprint density at radius 3 is 3.07 bits per heavy atom. The fourth-order valence-corrected chi connectivity index (χ4v) is 2.02. The molecule has 0 aliphatic carbocycles. The molecule has 6 heteroatoms. The highest BCUT2D eigenvalue weighted by Gasteiger charge is 1.97. The van der Waals surface area contributed by atoms with Gasteiger partial charge in [-0.05, 0) is 28.1 Å². The van der Waals surface area contributed by atoms with Gasteiger partial charge in [0.25, 0.3) is 0 Å². The van der Waals surface area contributed by atoms with Gasteiger partial charge >= 0.3 is 4.87 Å². The van der Waals surface area contributed by atoms with Gasteiger partial charge in [0.15, 0.2) is 0 Å². The Morgan fingerprint density at radius 1 is 1.53 bits per heavy atom. The summed E-state index contributed by atoms with van der Waals surface area (Å²) in [6.45, 7) is 0.572. The van der Waals surface area contributed by atoms with Crippen molar-refractivity contribution in [3.05, 3.63) is 43.5 Å². The first-order chi connectivity index (χ1) is 7.24. The average molecular weight is 286 g/mol. The summed E-state index contributed by atoms with van der Waals surface area (Å²) < 4.78 is 0.784. The standard InChI is InChI=1S/C9H8BrN3OS/c10-7-2-1-3-8(13-7)11-4-6-5-15-9(14)12-6/h1-3,5H,4H2,(H,11,13)(H,12,14). The lowest BCUT2D eigenvalue weighted by molar-refractivity contribution is 1.04. The van der Waals surface area contributed by atoms with Gasteiger partial charge in [0.2, 0.25) is 0 Å². The molecule has 15 heavy (non-hydrogen) atoms. The van der Waals surface area contributed by atoms with Crippen LogP contribution in [0.4, 0.5) is 5.82 Å². The number of aromatic nitrogens is 2. The van der Waals surface area contributed by atoms with Crippen LogP contribution < -0.4 is 10.2 Å². The van der Waals surface area contributed by atoms with Crippen LogP contribution in [-0.2, 0) is 6.54 Å². The predicted molar refractivity (Wildman–Crippen MR) is 64.2 cm³/mol. The molecule has 0 atom stereocenters. The largest absolute Gasteiger partial charge is 0.364 e. The Balaban J connectivity index is 2.02. The summed E-state index contributed by atoms with van der Waals surface area (Å²) in [5.41, 5.74) is 0.867. The van der Waals surface area contributed by atoms with Crippen LogP contribution in [-0.4, -0.2) is 9.97 Å². The fourth-order valence-electron chi connectivity index (χ4n) is 1.09. The van der Waals surface area contributed by atoms with Gasteiger partial charge in [-0.15, -0.1) is 0 Å². The molecule has 0 fully saturated rings. The zero-order valence-corrected chi connectivity index (χ0v) is 10.1. The molecule has 0 aliphatic rings. The van der Waals surface area contributed by atoms with Gasteiger partial charge in [-0.25, -0.2) is 4.98 Å². The van der Waals surface area contributed by atoms with Crippen LogP contribution in [0, 0.1) is 0 Å². The van der Waals surface area contributed by atoms with Crippen molar-refractivity contribution < 1.29 is 0 Å². The number of pyridine rings is 1. The smallest absolute Gasteiger partial charge is 0.304 e. The van der Waals surface area contributed by atoms with E-state index in [0.717, 1.165) is 27.5 Å². The zero-order valence-electron chi connectivity index (χ0n) is 7.66. The lowest BCUT2D eigenvalue weighted by atomic mass is 10.4. The molecule has 2 N–H and O–H groups in total. The molecule has 0 bridgehead atoms. The third-order valence-corrected chi connectivity index (χ3v) is 2.91. The SMILES string of the molecule is O=c1[nH]c(CNc2cccc(Br)n2)cs1. The summed E-state index contributed by atoms with van der Waals surface area (Å²) in [6.07, 6.45) is 0. The van der Waals surface area contributed by atoms with E-state index in [-0.39, 0.29) is 4.87 Å². The second-order valence-corrected chi connectivity index (χ2v) is 4.53. The molecule has 2 aromatic rings. The molecule has 2 aromatic heterocycles. The number of H-pyrrole nitrogens is 1. The van der Waals surface area contributed by atoms with Crippen molar-refractivity contribution in [2.75, 3.05) is 5.32 Å². The Hall–Kier alpha value is -1.14. The summed E-state index contributed by atoms with van der Waals surface area (Å²) in [4.78, 5) is 17.8. The van der Waals surface area contributed by atoms with Crippen molar-refractivity contribution >= 4 is 33.1 Å². The Bertz CT molecular complexity index is 508. The van der Waals surface area contributed by atoms with Gasteiger partial charge in [0, 0.05) is 11.1 Å². The Morgan fingerprint density at radius 2 is 2.40 bits per heavy atom. The number of rotatable bonds is 3. The highest BCUT2D eigenvalue weighted by atomic mass is 79.9. The molecule has 0 saturated heterocycles. The normalized spacial score (nSPS) is 10.2. The van der Waals surface area contributed by atoms with E-state index in [1.54, 1.807) is 5.38 Å². The monoisotopic (exact) mass is 285 g/mol. The first kappa shape index (κ1) is 10.4. The molecule has 0 aromatic carbocycles. The van der Waals surface area contributed by atoms with Gasteiger partial charge in [0.1, 0.15) is 10.4 Å².